The zero-order valence-corrected chi connectivity index (χ0v) is 15.1. The fraction of sp³-hybridized carbons (Fsp3) is 1.00. The van der Waals surface area contributed by atoms with Crippen LogP contribution in [0.3, 0.4) is 0 Å². The van der Waals surface area contributed by atoms with E-state index in [1.807, 2.05) is 0 Å². The quantitative estimate of drug-likeness (QED) is 0.474. The monoisotopic (exact) mass is 315 g/mol. The summed E-state index contributed by atoms with van der Waals surface area (Å²) in [5.41, 5.74) is 0. The maximum absolute atomic E-state index is 5.61. The summed E-state index contributed by atoms with van der Waals surface area (Å²) in [6.07, 6.45) is 1.23. The maximum atomic E-state index is 5.61. The summed E-state index contributed by atoms with van der Waals surface area (Å²) in [6, 6.07) is 1.26. The van der Waals surface area contributed by atoms with E-state index in [1.165, 1.54) is 6.42 Å². The molecule has 2 N–H and O–H groups in total. The molecule has 132 valence electrons. The number of hydrogen-bond donors (Lipinski definition) is 2. The van der Waals surface area contributed by atoms with Gasteiger partial charge in [0, 0.05) is 38.3 Å². The molecule has 1 saturated heterocycles. The summed E-state index contributed by atoms with van der Waals surface area (Å²) in [7, 11) is 0. The van der Waals surface area contributed by atoms with Crippen molar-refractivity contribution in [3.05, 3.63) is 0 Å². The first kappa shape index (κ1) is 19.8. The Labute approximate surface area is 137 Å². The highest BCUT2D eigenvalue weighted by molar-refractivity contribution is 4.86. The van der Waals surface area contributed by atoms with Gasteiger partial charge >= 0.3 is 0 Å². The fourth-order valence-electron chi connectivity index (χ4n) is 2.48. The molecule has 1 fully saturated rings. The molecule has 1 heterocycles. The molecular weight excluding hydrogens is 278 g/mol. The van der Waals surface area contributed by atoms with Gasteiger partial charge in [-0.2, -0.15) is 0 Å². The first-order valence-corrected chi connectivity index (χ1v) is 8.96. The van der Waals surface area contributed by atoms with Crippen molar-refractivity contribution in [2.75, 3.05) is 59.2 Å². The molecule has 1 aliphatic heterocycles. The molecule has 1 aliphatic rings. The lowest BCUT2D eigenvalue weighted by atomic mass is 10.1. The molecule has 0 saturated carbocycles. The van der Waals surface area contributed by atoms with Crippen LogP contribution < -0.4 is 10.6 Å². The zero-order valence-electron chi connectivity index (χ0n) is 15.1. The Kier molecular flexibility index (Phi) is 11.1. The Morgan fingerprint density at radius 3 is 2.36 bits per heavy atom. The number of hydrogen-bond acceptors (Lipinski definition) is 5. The molecule has 0 spiro atoms. The second-order valence-electron chi connectivity index (χ2n) is 6.72. The highest BCUT2D eigenvalue weighted by atomic mass is 16.5. The van der Waals surface area contributed by atoms with Crippen molar-refractivity contribution >= 4 is 0 Å². The molecule has 0 radical (unpaired) electrons. The van der Waals surface area contributed by atoms with E-state index in [1.54, 1.807) is 0 Å². The van der Waals surface area contributed by atoms with Crippen molar-refractivity contribution in [2.24, 2.45) is 5.92 Å². The number of likely N-dealkylation sites (tertiary alicyclic amines) is 1. The third kappa shape index (κ3) is 9.74. The van der Waals surface area contributed by atoms with Crippen LogP contribution in [0.15, 0.2) is 0 Å². The van der Waals surface area contributed by atoms with Crippen LogP contribution in [0.1, 0.15) is 34.1 Å². The van der Waals surface area contributed by atoms with Crippen molar-refractivity contribution in [1.82, 2.24) is 15.5 Å². The van der Waals surface area contributed by atoms with Gasteiger partial charge in [0.05, 0.1) is 26.4 Å². The SMILES string of the molecule is CCC(C)CNCCOCCOCCN1CC(NC(C)C)C1. The summed E-state index contributed by atoms with van der Waals surface area (Å²) in [5.74, 6) is 0.750. The molecule has 0 amide bonds. The predicted molar refractivity (Wildman–Crippen MR) is 92.5 cm³/mol. The van der Waals surface area contributed by atoms with Crippen LogP contribution in [0.25, 0.3) is 0 Å². The van der Waals surface area contributed by atoms with Gasteiger partial charge < -0.3 is 20.1 Å². The number of nitrogens with one attached hydrogen (secondary N) is 2. The first-order chi connectivity index (χ1) is 10.6. The van der Waals surface area contributed by atoms with E-state index in [2.05, 4.69) is 43.2 Å². The Bertz CT molecular complexity index is 258. The minimum Gasteiger partial charge on any atom is -0.378 e. The largest absolute Gasteiger partial charge is 0.378 e. The smallest absolute Gasteiger partial charge is 0.0701 e. The number of ether oxygens (including phenoxy) is 2. The minimum absolute atomic E-state index is 0.584. The van der Waals surface area contributed by atoms with E-state index in [0.717, 1.165) is 51.9 Å². The van der Waals surface area contributed by atoms with Crippen LogP contribution in [0, 0.1) is 5.92 Å². The lowest BCUT2D eigenvalue weighted by Gasteiger charge is -2.40. The number of rotatable bonds is 14. The van der Waals surface area contributed by atoms with Gasteiger partial charge in [-0.1, -0.05) is 34.1 Å². The highest BCUT2D eigenvalue weighted by Crippen LogP contribution is 2.07. The van der Waals surface area contributed by atoms with Gasteiger partial charge in [-0.3, -0.25) is 4.90 Å². The van der Waals surface area contributed by atoms with Gasteiger partial charge in [0.2, 0.25) is 0 Å². The Hall–Kier alpha value is -0.200. The molecule has 0 aliphatic carbocycles. The molecule has 5 nitrogen and oxygen atoms in total. The highest BCUT2D eigenvalue weighted by Gasteiger charge is 2.25. The van der Waals surface area contributed by atoms with E-state index in [0.29, 0.717) is 25.3 Å². The van der Waals surface area contributed by atoms with Gasteiger partial charge in [0.25, 0.3) is 0 Å². The second kappa shape index (κ2) is 12.3. The molecule has 1 rings (SSSR count). The second-order valence-corrected chi connectivity index (χ2v) is 6.72. The van der Waals surface area contributed by atoms with E-state index < -0.39 is 0 Å². The van der Waals surface area contributed by atoms with Crippen LogP contribution in [-0.4, -0.2) is 76.1 Å². The summed E-state index contributed by atoms with van der Waals surface area (Å²) in [4.78, 5) is 2.43. The maximum Gasteiger partial charge on any atom is 0.0701 e. The van der Waals surface area contributed by atoms with Crippen LogP contribution in [-0.2, 0) is 9.47 Å². The summed E-state index contributed by atoms with van der Waals surface area (Å²) < 4.78 is 11.2. The molecule has 1 atom stereocenters. The Morgan fingerprint density at radius 2 is 1.73 bits per heavy atom. The molecule has 22 heavy (non-hydrogen) atoms. The summed E-state index contributed by atoms with van der Waals surface area (Å²) in [6.45, 7) is 17.2. The van der Waals surface area contributed by atoms with E-state index in [9.17, 15) is 0 Å². The molecule has 0 aromatic heterocycles. The lowest BCUT2D eigenvalue weighted by Crippen LogP contribution is -2.59. The average molecular weight is 316 g/mol. The van der Waals surface area contributed by atoms with Crippen LogP contribution >= 0.6 is 0 Å². The van der Waals surface area contributed by atoms with Gasteiger partial charge in [-0.05, 0) is 12.5 Å². The van der Waals surface area contributed by atoms with Crippen molar-refractivity contribution in [2.45, 2.75) is 46.2 Å². The lowest BCUT2D eigenvalue weighted by molar-refractivity contribution is 0.0248. The molecule has 0 bridgehead atoms. The molecule has 0 aromatic rings. The van der Waals surface area contributed by atoms with Gasteiger partial charge in [0.15, 0.2) is 0 Å². The zero-order chi connectivity index (χ0) is 16.2. The molecular formula is C17H37N3O2. The molecule has 5 heteroatoms. The normalized spacial score (nSPS) is 17.9. The fourth-order valence-corrected chi connectivity index (χ4v) is 2.48. The average Bonchev–Trinajstić information content (AvgIpc) is 2.45. The topological polar surface area (TPSA) is 45.8 Å². The first-order valence-electron chi connectivity index (χ1n) is 8.96. The van der Waals surface area contributed by atoms with Crippen molar-refractivity contribution in [3.8, 4) is 0 Å². The summed E-state index contributed by atoms with van der Waals surface area (Å²) >= 11 is 0. The minimum atomic E-state index is 0.584. The van der Waals surface area contributed by atoms with Gasteiger partial charge in [0.1, 0.15) is 0 Å². The predicted octanol–water partition coefficient (Wildman–Crippen LogP) is 1.34. The molecule has 1 unspecified atom stereocenters. The number of nitrogens with zero attached hydrogens (tertiary/aromatic N) is 1. The third-order valence-corrected chi connectivity index (χ3v) is 4.06. The van der Waals surface area contributed by atoms with Crippen molar-refractivity contribution in [3.63, 3.8) is 0 Å². The van der Waals surface area contributed by atoms with Crippen molar-refractivity contribution in [1.29, 1.82) is 0 Å². The molecule has 0 aromatic carbocycles. The summed E-state index contributed by atoms with van der Waals surface area (Å²) in [5, 5.41) is 6.95. The Morgan fingerprint density at radius 1 is 1.05 bits per heavy atom. The third-order valence-electron chi connectivity index (χ3n) is 4.06. The van der Waals surface area contributed by atoms with Crippen molar-refractivity contribution < 1.29 is 9.47 Å². The van der Waals surface area contributed by atoms with Crippen LogP contribution in [0.5, 0.6) is 0 Å². The van der Waals surface area contributed by atoms with Gasteiger partial charge in [-0.25, -0.2) is 0 Å². The van der Waals surface area contributed by atoms with Crippen LogP contribution in [0.2, 0.25) is 0 Å². The van der Waals surface area contributed by atoms with Crippen LogP contribution in [0.4, 0.5) is 0 Å². The Balaban J connectivity index is 1.74. The van der Waals surface area contributed by atoms with E-state index in [4.69, 9.17) is 9.47 Å². The standard InChI is InChI=1S/C17H37N3O2/c1-5-16(4)12-18-6-8-21-10-11-22-9-7-20-13-17(14-20)19-15(2)3/h15-19H,5-14H2,1-4H3. The van der Waals surface area contributed by atoms with E-state index >= 15 is 0 Å². The van der Waals surface area contributed by atoms with E-state index in [-0.39, 0.29) is 0 Å². The van der Waals surface area contributed by atoms with Gasteiger partial charge in [-0.15, -0.1) is 0 Å².